The number of carboxylic acids is 1. The van der Waals surface area contributed by atoms with Crippen molar-refractivity contribution in [1.29, 1.82) is 0 Å². The van der Waals surface area contributed by atoms with Crippen LogP contribution in [0.1, 0.15) is 40.5 Å². The smallest absolute Gasteiger partial charge is 0.332 e. The van der Waals surface area contributed by atoms with E-state index in [-0.39, 0.29) is 29.3 Å². The van der Waals surface area contributed by atoms with Gasteiger partial charge >= 0.3 is 11.9 Å². The normalized spacial score (nSPS) is 29.2. The molecule has 1 saturated carbocycles. The van der Waals surface area contributed by atoms with Crippen molar-refractivity contribution >= 4 is 11.9 Å². The van der Waals surface area contributed by atoms with Crippen LogP contribution in [0.2, 0.25) is 0 Å². The molecule has 0 bridgehead atoms. The van der Waals surface area contributed by atoms with Crippen LogP contribution in [0.3, 0.4) is 0 Å². The molecular formula is C14H24O5. The largest absolute Gasteiger partial charge is 0.481 e. The second-order valence-electron chi connectivity index (χ2n) is 6.01. The highest BCUT2D eigenvalue weighted by molar-refractivity contribution is 5.72. The molecule has 0 heterocycles. The molecule has 1 aliphatic rings. The zero-order valence-electron chi connectivity index (χ0n) is 12.2. The highest BCUT2D eigenvalue weighted by Crippen LogP contribution is 2.56. The third-order valence-electron chi connectivity index (χ3n) is 4.66. The van der Waals surface area contributed by atoms with Gasteiger partial charge in [0.25, 0.3) is 0 Å². The zero-order valence-corrected chi connectivity index (χ0v) is 12.2. The van der Waals surface area contributed by atoms with Gasteiger partial charge in [-0.25, -0.2) is 4.79 Å². The van der Waals surface area contributed by atoms with Gasteiger partial charge in [0.2, 0.25) is 0 Å². The molecule has 1 rings (SSSR count). The predicted octanol–water partition coefficient (Wildman–Crippen LogP) is 2.09. The van der Waals surface area contributed by atoms with Crippen molar-refractivity contribution in [2.75, 3.05) is 19.8 Å². The Morgan fingerprint density at radius 3 is 2.42 bits per heavy atom. The number of hydrogen-bond acceptors (Lipinski definition) is 4. The van der Waals surface area contributed by atoms with E-state index in [0.717, 1.165) is 6.42 Å². The number of rotatable bonds is 6. The Morgan fingerprint density at radius 1 is 1.32 bits per heavy atom. The lowest BCUT2D eigenvalue weighted by atomic mass is 9.66. The molecule has 2 unspecified atom stereocenters. The fourth-order valence-electron chi connectivity index (χ4n) is 2.82. The number of carboxylic acid groups (broad SMARTS) is 1. The van der Waals surface area contributed by atoms with E-state index in [1.807, 2.05) is 20.8 Å². The minimum absolute atomic E-state index is 0.0722. The van der Waals surface area contributed by atoms with E-state index in [1.165, 1.54) is 0 Å². The van der Waals surface area contributed by atoms with Crippen molar-refractivity contribution in [3.05, 3.63) is 0 Å². The molecule has 0 aromatic rings. The van der Waals surface area contributed by atoms with E-state index in [0.29, 0.717) is 19.6 Å². The monoisotopic (exact) mass is 272 g/mol. The van der Waals surface area contributed by atoms with Crippen LogP contribution in [-0.2, 0) is 19.1 Å². The summed E-state index contributed by atoms with van der Waals surface area (Å²) in [5.41, 5.74) is -0.587. The quantitative estimate of drug-likeness (QED) is 0.749. The SMILES string of the molecule is CCOC(=O)COCC1(C)CCC(C(=O)O)C1(C)C. The van der Waals surface area contributed by atoms with Crippen LogP contribution in [0.15, 0.2) is 0 Å². The minimum Gasteiger partial charge on any atom is -0.481 e. The van der Waals surface area contributed by atoms with Crippen LogP contribution in [0, 0.1) is 16.7 Å². The summed E-state index contributed by atoms with van der Waals surface area (Å²) in [5, 5.41) is 9.25. The van der Waals surface area contributed by atoms with Crippen LogP contribution in [0.5, 0.6) is 0 Å². The molecular weight excluding hydrogens is 248 g/mol. The van der Waals surface area contributed by atoms with Crippen molar-refractivity contribution in [2.45, 2.75) is 40.5 Å². The Bertz CT molecular complexity index is 350. The van der Waals surface area contributed by atoms with Gasteiger partial charge < -0.3 is 14.6 Å². The molecule has 1 N–H and O–H groups in total. The first-order chi connectivity index (χ1) is 8.74. The van der Waals surface area contributed by atoms with E-state index >= 15 is 0 Å². The van der Waals surface area contributed by atoms with E-state index in [4.69, 9.17) is 9.47 Å². The lowest BCUT2D eigenvalue weighted by Gasteiger charge is -2.40. The van der Waals surface area contributed by atoms with E-state index in [1.54, 1.807) is 6.92 Å². The van der Waals surface area contributed by atoms with Gasteiger partial charge in [0, 0.05) is 0 Å². The van der Waals surface area contributed by atoms with Gasteiger partial charge in [-0.2, -0.15) is 0 Å². The standard InChI is InChI=1S/C14H24O5/c1-5-19-11(15)8-18-9-14(4)7-6-10(12(16)17)13(14,2)3/h10H,5-9H2,1-4H3,(H,16,17). The van der Waals surface area contributed by atoms with Gasteiger partial charge in [-0.05, 0) is 30.6 Å². The van der Waals surface area contributed by atoms with E-state index in [9.17, 15) is 14.7 Å². The first kappa shape index (κ1) is 16.0. The van der Waals surface area contributed by atoms with Crippen LogP contribution in [0.25, 0.3) is 0 Å². The molecule has 0 amide bonds. The van der Waals surface area contributed by atoms with Gasteiger partial charge in [0.05, 0.1) is 19.1 Å². The topological polar surface area (TPSA) is 72.8 Å². The first-order valence-corrected chi connectivity index (χ1v) is 6.71. The highest BCUT2D eigenvalue weighted by Gasteiger charge is 2.54. The average Bonchev–Trinajstić information content (AvgIpc) is 2.50. The molecule has 0 radical (unpaired) electrons. The first-order valence-electron chi connectivity index (χ1n) is 6.71. The number of aliphatic carboxylic acids is 1. The summed E-state index contributed by atoms with van der Waals surface area (Å²) in [4.78, 5) is 22.5. The van der Waals surface area contributed by atoms with Crippen LogP contribution < -0.4 is 0 Å². The third-order valence-corrected chi connectivity index (χ3v) is 4.66. The van der Waals surface area contributed by atoms with Crippen molar-refractivity contribution in [2.24, 2.45) is 16.7 Å². The maximum atomic E-state index is 11.3. The molecule has 1 fully saturated rings. The molecule has 0 aromatic heterocycles. The maximum absolute atomic E-state index is 11.3. The molecule has 5 heteroatoms. The Morgan fingerprint density at radius 2 is 1.95 bits per heavy atom. The van der Waals surface area contributed by atoms with Crippen molar-refractivity contribution in [3.8, 4) is 0 Å². The van der Waals surface area contributed by atoms with Gasteiger partial charge in [0.1, 0.15) is 6.61 Å². The number of hydrogen-bond donors (Lipinski definition) is 1. The van der Waals surface area contributed by atoms with Crippen molar-refractivity contribution in [3.63, 3.8) is 0 Å². The Balaban J connectivity index is 2.57. The summed E-state index contributed by atoms with van der Waals surface area (Å²) in [5.74, 6) is -1.49. The number of carbonyl (C=O) groups is 2. The zero-order chi connectivity index (χ0) is 14.7. The second kappa shape index (κ2) is 5.90. The fraction of sp³-hybridized carbons (Fsp3) is 0.857. The molecule has 0 spiro atoms. The average molecular weight is 272 g/mol. The summed E-state index contributed by atoms with van der Waals surface area (Å²) in [6.07, 6.45) is 1.45. The summed E-state index contributed by atoms with van der Waals surface area (Å²) in [6, 6.07) is 0. The molecule has 5 nitrogen and oxygen atoms in total. The summed E-state index contributed by atoms with van der Waals surface area (Å²) < 4.78 is 10.2. The number of carbonyl (C=O) groups excluding carboxylic acids is 1. The van der Waals surface area contributed by atoms with Gasteiger partial charge in [-0.15, -0.1) is 0 Å². The Kier molecular flexibility index (Phi) is 4.96. The van der Waals surface area contributed by atoms with Crippen molar-refractivity contribution < 1.29 is 24.2 Å². The maximum Gasteiger partial charge on any atom is 0.332 e. The third kappa shape index (κ3) is 3.26. The molecule has 19 heavy (non-hydrogen) atoms. The van der Waals surface area contributed by atoms with Crippen LogP contribution >= 0.6 is 0 Å². The number of esters is 1. The Hall–Kier alpha value is -1.10. The van der Waals surface area contributed by atoms with Gasteiger partial charge in [-0.1, -0.05) is 20.8 Å². The fourth-order valence-corrected chi connectivity index (χ4v) is 2.82. The molecule has 0 saturated heterocycles. The lowest BCUT2D eigenvalue weighted by molar-refractivity contribution is -0.153. The summed E-state index contributed by atoms with van der Waals surface area (Å²) >= 11 is 0. The predicted molar refractivity (Wildman–Crippen MR) is 69.7 cm³/mol. The minimum atomic E-state index is -0.751. The molecule has 0 aliphatic heterocycles. The van der Waals surface area contributed by atoms with Crippen LogP contribution in [0.4, 0.5) is 0 Å². The summed E-state index contributed by atoms with van der Waals surface area (Å²) in [6.45, 7) is 8.35. The van der Waals surface area contributed by atoms with Gasteiger partial charge in [-0.3, -0.25) is 4.79 Å². The highest BCUT2D eigenvalue weighted by atomic mass is 16.6. The Labute approximate surface area is 114 Å². The van der Waals surface area contributed by atoms with Crippen molar-refractivity contribution in [1.82, 2.24) is 0 Å². The second-order valence-corrected chi connectivity index (χ2v) is 6.01. The van der Waals surface area contributed by atoms with E-state index < -0.39 is 5.97 Å². The lowest BCUT2D eigenvalue weighted by Crippen LogP contribution is -2.40. The number of ether oxygens (including phenoxy) is 2. The van der Waals surface area contributed by atoms with E-state index in [2.05, 4.69) is 0 Å². The van der Waals surface area contributed by atoms with Crippen LogP contribution in [-0.4, -0.2) is 36.9 Å². The molecule has 0 aromatic carbocycles. The van der Waals surface area contributed by atoms with Gasteiger partial charge in [0.15, 0.2) is 0 Å². The molecule has 1 aliphatic carbocycles. The molecule has 110 valence electrons. The molecule has 2 atom stereocenters. The summed E-state index contributed by atoms with van der Waals surface area (Å²) in [7, 11) is 0.